The van der Waals surface area contributed by atoms with Crippen molar-refractivity contribution in [3.8, 4) is 0 Å². The van der Waals surface area contributed by atoms with E-state index >= 15 is 0 Å². The minimum atomic E-state index is 0.0602. The summed E-state index contributed by atoms with van der Waals surface area (Å²) >= 11 is 0. The molecule has 1 heterocycles. The fourth-order valence-corrected chi connectivity index (χ4v) is 2.15. The van der Waals surface area contributed by atoms with Crippen molar-refractivity contribution < 1.29 is 0 Å². The first kappa shape index (κ1) is 9.58. The van der Waals surface area contributed by atoms with Crippen LogP contribution in [0.1, 0.15) is 30.1 Å². The topological polar surface area (TPSA) is 34.9 Å². The molecule has 0 saturated heterocycles. The van der Waals surface area contributed by atoms with Gasteiger partial charge in [0.05, 0.1) is 10.9 Å². The predicted molar refractivity (Wildman–Crippen MR) is 63.7 cm³/mol. The third-order valence-corrected chi connectivity index (χ3v) is 3.38. The predicted octanol–water partition coefficient (Wildman–Crippen LogP) is 2.12. The number of fused-ring (bicyclic) bond motifs is 1. The number of benzene rings is 1. The smallest absolute Gasteiger partial charge is 0.261 e. The van der Waals surface area contributed by atoms with E-state index in [1.54, 1.807) is 11.6 Å². The molecule has 0 amide bonds. The first-order chi connectivity index (χ1) is 7.68. The Morgan fingerprint density at radius 1 is 1.38 bits per heavy atom. The highest BCUT2D eigenvalue weighted by molar-refractivity contribution is 5.81. The molecule has 2 aromatic rings. The van der Waals surface area contributed by atoms with Gasteiger partial charge in [-0.25, -0.2) is 4.98 Å². The fraction of sp³-hybridized carbons (Fsp3) is 0.385. The molecule has 1 fully saturated rings. The SMILES string of the molecule is Cc1nc2c(C3CC3)cccc2c(=O)n1C. The first-order valence-electron chi connectivity index (χ1n) is 5.64. The molecule has 1 aliphatic rings. The first-order valence-corrected chi connectivity index (χ1v) is 5.64. The van der Waals surface area contributed by atoms with Gasteiger partial charge in [-0.2, -0.15) is 0 Å². The highest BCUT2D eigenvalue weighted by Crippen LogP contribution is 2.42. The van der Waals surface area contributed by atoms with Gasteiger partial charge in [-0.15, -0.1) is 0 Å². The number of aryl methyl sites for hydroxylation is 1. The van der Waals surface area contributed by atoms with Gasteiger partial charge < -0.3 is 0 Å². The van der Waals surface area contributed by atoms with E-state index in [1.807, 2.05) is 19.1 Å². The molecule has 0 spiro atoms. The molecule has 0 N–H and O–H groups in total. The minimum Gasteiger partial charge on any atom is -0.299 e. The van der Waals surface area contributed by atoms with Gasteiger partial charge in [0.2, 0.25) is 0 Å². The second-order valence-electron chi connectivity index (χ2n) is 4.54. The van der Waals surface area contributed by atoms with E-state index in [2.05, 4.69) is 11.1 Å². The normalized spacial score (nSPS) is 15.6. The lowest BCUT2D eigenvalue weighted by Gasteiger charge is -2.08. The molecule has 0 atom stereocenters. The molecule has 3 rings (SSSR count). The van der Waals surface area contributed by atoms with Crippen molar-refractivity contribution in [3.63, 3.8) is 0 Å². The molecule has 0 radical (unpaired) electrons. The number of hydrogen-bond acceptors (Lipinski definition) is 2. The summed E-state index contributed by atoms with van der Waals surface area (Å²) in [5.41, 5.74) is 2.22. The lowest BCUT2D eigenvalue weighted by atomic mass is 10.1. The van der Waals surface area contributed by atoms with Crippen LogP contribution in [0.15, 0.2) is 23.0 Å². The van der Waals surface area contributed by atoms with Gasteiger partial charge in [0.15, 0.2) is 0 Å². The monoisotopic (exact) mass is 214 g/mol. The number of rotatable bonds is 1. The van der Waals surface area contributed by atoms with Crippen LogP contribution >= 0.6 is 0 Å². The Bertz CT molecular complexity index is 624. The summed E-state index contributed by atoms with van der Waals surface area (Å²) in [7, 11) is 1.77. The molecule has 0 aliphatic heterocycles. The van der Waals surface area contributed by atoms with Crippen LogP contribution in [0.25, 0.3) is 10.9 Å². The molecular weight excluding hydrogens is 200 g/mol. The van der Waals surface area contributed by atoms with E-state index in [0.717, 1.165) is 16.7 Å². The summed E-state index contributed by atoms with van der Waals surface area (Å²) in [6.07, 6.45) is 2.46. The van der Waals surface area contributed by atoms with Crippen LogP contribution in [0, 0.1) is 6.92 Å². The lowest BCUT2D eigenvalue weighted by Crippen LogP contribution is -2.20. The Morgan fingerprint density at radius 2 is 2.12 bits per heavy atom. The third-order valence-electron chi connectivity index (χ3n) is 3.38. The summed E-state index contributed by atoms with van der Waals surface area (Å²) in [4.78, 5) is 16.6. The second-order valence-corrected chi connectivity index (χ2v) is 4.54. The van der Waals surface area contributed by atoms with Gasteiger partial charge in [-0.05, 0) is 37.3 Å². The van der Waals surface area contributed by atoms with Crippen LogP contribution < -0.4 is 5.56 Å². The number of aromatic nitrogens is 2. The van der Waals surface area contributed by atoms with Crippen molar-refractivity contribution in [2.75, 3.05) is 0 Å². The van der Waals surface area contributed by atoms with Crippen molar-refractivity contribution in [3.05, 3.63) is 39.9 Å². The summed E-state index contributed by atoms with van der Waals surface area (Å²) < 4.78 is 1.61. The molecule has 0 bridgehead atoms. The van der Waals surface area contributed by atoms with Gasteiger partial charge >= 0.3 is 0 Å². The summed E-state index contributed by atoms with van der Waals surface area (Å²) in [6.45, 7) is 1.88. The number of nitrogens with zero attached hydrogens (tertiary/aromatic N) is 2. The molecule has 3 nitrogen and oxygen atoms in total. The zero-order valence-electron chi connectivity index (χ0n) is 9.53. The van der Waals surface area contributed by atoms with Gasteiger partial charge in [0, 0.05) is 7.05 Å². The van der Waals surface area contributed by atoms with E-state index in [1.165, 1.54) is 18.4 Å². The largest absolute Gasteiger partial charge is 0.299 e. The van der Waals surface area contributed by atoms with Crippen LogP contribution in [0.5, 0.6) is 0 Å². The van der Waals surface area contributed by atoms with E-state index in [9.17, 15) is 4.79 Å². The maximum atomic E-state index is 12.1. The molecular formula is C13H14N2O. The van der Waals surface area contributed by atoms with Gasteiger partial charge in [-0.3, -0.25) is 9.36 Å². The van der Waals surface area contributed by atoms with E-state index in [-0.39, 0.29) is 5.56 Å². The molecule has 0 unspecified atom stereocenters. The van der Waals surface area contributed by atoms with Gasteiger partial charge in [0.25, 0.3) is 5.56 Å². The second kappa shape index (κ2) is 3.17. The molecule has 16 heavy (non-hydrogen) atoms. The highest BCUT2D eigenvalue weighted by atomic mass is 16.1. The Kier molecular flexibility index (Phi) is 1.90. The average Bonchev–Trinajstić information content (AvgIpc) is 3.09. The van der Waals surface area contributed by atoms with Crippen LogP contribution in [-0.4, -0.2) is 9.55 Å². The van der Waals surface area contributed by atoms with Crippen LogP contribution in [-0.2, 0) is 7.05 Å². The van der Waals surface area contributed by atoms with Crippen molar-refractivity contribution in [2.24, 2.45) is 7.05 Å². The minimum absolute atomic E-state index is 0.0602. The summed E-state index contributed by atoms with van der Waals surface area (Å²) in [5.74, 6) is 1.41. The molecule has 82 valence electrons. The third kappa shape index (κ3) is 1.28. The highest BCUT2D eigenvalue weighted by Gasteiger charge is 2.26. The standard InChI is InChI=1S/C13H14N2O/c1-8-14-12-10(9-6-7-9)4-3-5-11(12)13(16)15(8)2/h3-5,9H,6-7H2,1-2H3. The van der Waals surface area contributed by atoms with Gasteiger partial charge in [-0.1, -0.05) is 12.1 Å². The van der Waals surface area contributed by atoms with E-state index < -0.39 is 0 Å². The van der Waals surface area contributed by atoms with Crippen molar-refractivity contribution in [2.45, 2.75) is 25.7 Å². The van der Waals surface area contributed by atoms with Gasteiger partial charge in [0.1, 0.15) is 5.82 Å². The van der Waals surface area contributed by atoms with Crippen LogP contribution in [0.4, 0.5) is 0 Å². The zero-order valence-corrected chi connectivity index (χ0v) is 9.53. The molecule has 1 aliphatic carbocycles. The Labute approximate surface area is 93.7 Å². The Balaban J connectivity index is 2.44. The molecule has 3 heteroatoms. The quantitative estimate of drug-likeness (QED) is 0.728. The molecule has 1 aromatic heterocycles. The van der Waals surface area contributed by atoms with E-state index in [0.29, 0.717) is 5.92 Å². The average molecular weight is 214 g/mol. The summed E-state index contributed by atoms with van der Waals surface area (Å²) in [5, 5.41) is 0.748. The molecule has 1 saturated carbocycles. The molecule has 1 aromatic carbocycles. The maximum absolute atomic E-state index is 12.1. The van der Waals surface area contributed by atoms with E-state index in [4.69, 9.17) is 0 Å². The number of hydrogen-bond donors (Lipinski definition) is 0. The maximum Gasteiger partial charge on any atom is 0.261 e. The van der Waals surface area contributed by atoms with Crippen molar-refractivity contribution in [1.29, 1.82) is 0 Å². The van der Waals surface area contributed by atoms with Crippen molar-refractivity contribution in [1.82, 2.24) is 9.55 Å². The Hall–Kier alpha value is -1.64. The fourth-order valence-electron chi connectivity index (χ4n) is 2.15. The van der Waals surface area contributed by atoms with Crippen LogP contribution in [0.3, 0.4) is 0 Å². The number of para-hydroxylation sites is 1. The lowest BCUT2D eigenvalue weighted by molar-refractivity contribution is 0.791. The zero-order chi connectivity index (χ0) is 11.3. The Morgan fingerprint density at radius 3 is 2.81 bits per heavy atom. The van der Waals surface area contributed by atoms with Crippen molar-refractivity contribution >= 4 is 10.9 Å². The van der Waals surface area contributed by atoms with Crippen LogP contribution in [0.2, 0.25) is 0 Å². The summed E-state index contributed by atoms with van der Waals surface area (Å²) in [6, 6.07) is 5.94.